The standard InChI is InChI=1S/C15H23NO3/c1-17-10-11-18-8-6-15(12-16)7-9-19-14-5-3-2-4-13(14)15/h2-5H,6-12,16H2,1H3. The maximum Gasteiger partial charge on any atom is 0.123 e. The van der Waals surface area contributed by atoms with Crippen LogP contribution in [0.25, 0.3) is 0 Å². The molecule has 0 amide bonds. The van der Waals surface area contributed by atoms with Crippen molar-refractivity contribution in [2.45, 2.75) is 18.3 Å². The average molecular weight is 265 g/mol. The molecule has 1 aliphatic heterocycles. The summed E-state index contributed by atoms with van der Waals surface area (Å²) in [4.78, 5) is 0. The zero-order valence-corrected chi connectivity index (χ0v) is 11.6. The van der Waals surface area contributed by atoms with E-state index in [1.54, 1.807) is 7.11 Å². The summed E-state index contributed by atoms with van der Waals surface area (Å²) in [5.41, 5.74) is 7.27. The van der Waals surface area contributed by atoms with Crippen LogP contribution in [0.15, 0.2) is 24.3 Å². The first-order valence-corrected chi connectivity index (χ1v) is 6.81. The van der Waals surface area contributed by atoms with Crippen molar-refractivity contribution in [3.05, 3.63) is 29.8 Å². The molecule has 1 aliphatic rings. The molecule has 1 heterocycles. The summed E-state index contributed by atoms with van der Waals surface area (Å²) in [6.07, 6.45) is 1.88. The summed E-state index contributed by atoms with van der Waals surface area (Å²) in [5, 5.41) is 0. The van der Waals surface area contributed by atoms with Gasteiger partial charge < -0.3 is 19.9 Å². The van der Waals surface area contributed by atoms with Gasteiger partial charge in [-0.15, -0.1) is 0 Å². The number of hydrogen-bond donors (Lipinski definition) is 1. The van der Waals surface area contributed by atoms with Gasteiger partial charge in [0.15, 0.2) is 0 Å². The van der Waals surface area contributed by atoms with Crippen LogP contribution in [0.4, 0.5) is 0 Å². The monoisotopic (exact) mass is 265 g/mol. The van der Waals surface area contributed by atoms with Crippen molar-refractivity contribution in [2.24, 2.45) is 5.73 Å². The number of methoxy groups -OCH3 is 1. The Bertz CT molecular complexity index is 397. The summed E-state index contributed by atoms with van der Waals surface area (Å²) in [6, 6.07) is 8.19. The molecular weight excluding hydrogens is 242 g/mol. The molecule has 4 nitrogen and oxygen atoms in total. The topological polar surface area (TPSA) is 53.7 Å². The van der Waals surface area contributed by atoms with Crippen LogP contribution in [0.5, 0.6) is 5.75 Å². The molecule has 0 fully saturated rings. The van der Waals surface area contributed by atoms with E-state index < -0.39 is 0 Å². The van der Waals surface area contributed by atoms with Gasteiger partial charge in [-0.1, -0.05) is 18.2 Å². The van der Waals surface area contributed by atoms with Crippen LogP contribution >= 0.6 is 0 Å². The Kier molecular flexibility index (Phi) is 5.19. The highest BCUT2D eigenvalue weighted by atomic mass is 16.5. The van der Waals surface area contributed by atoms with Gasteiger partial charge in [-0.2, -0.15) is 0 Å². The lowest BCUT2D eigenvalue weighted by Gasteiger charge is -2.38. The van der Waals surface area contributed by atoms with Gasteiger partial charge in [-0.3, -0.25) is 0 Å². The minimum atomic E-state index is -0.0120. The van der Waals surface area contributed by atoms with Crippen LogP contribution in [-0.4, -0.2) is 40.1 Å². The molecule has 1 unspecified atom stereocenters. The van der Waals surface area contributed by atoms with Gasteiger partial charge in [0, 0.05) is 31.2 Å². The van der Waals surface area contributed by atoms with Crippen molar-refractivity contribution in [1.29, 1.82) is 0 Å². The van der Waals surface area contributed by atoms with Gasteiger partial charge in [0.05, 0.1) is 19.8 Å². The minimum Gasteiger partial charge on any atom is -0.493 e. The largest absolute Gasteiger partial charge is 0.493 e. The van der Waals surface area contributed by atoms with Gasteiger partial charge in [0.1, 0.15) is 5.75 Å². The molecule has 2 N–H and O–H groups in total. The SMILES string of the molecule is COCCOCCC1(CN)CCOc2ccccc21. The second-order valence-corrected chi connectivity index (χ2v) is 4.93. The molecule has 2 rings (SSSR count). The molecule has 1 aromatic carbocycles. The van der Waals surface area contributed by atoms with Gasteiger partial charge >= 0.3 is 0 Å². The van der Waals surface area contributed by atoms with E-state index in [-0.39, 0.29) is 5.41 Å². The molecule has 0 saturated carbocycles. The van der Waals surface area contributed by atoms with E-state index in [0.717, 1.165) is 25.2 Å². The van der Waals surface area contributed by atoms with E-state index in [0.29, 0.717) is 26.4 Å². The Morgan fingerprint density at radius 1 is 1.26 bits per heavy atom. The lowest BCUT2D eigenvalue weighted by molar-refractivity contribution is 0.0565. The zero-order valence-electron chi connectivity index (χ0n) is 11.6. The van der Waals surface area contributed by atoms with Crippen molar-refractivity contribution in [1.82, 2.24) is 0 Å². The molecule has 0 aliphatic carbocycles. The van der Waals surface area contributed by atoms with Crippen LogP contribution in [0, 0.1) is 0 Å². The van der Waals surface area contributed by atoms with Crippen molar-refractivity contribution in [3.8, 4) is 5.75 Å². The smallest absolute Gasteiger partial charge is 0.123 e. The first-order chi connectivity index (χ1) is 9.32. The number of hydrogen-bond acceptors (Lipinski definition) is 4. The Balaban J connectivity index is 2.02. The third kappa shape index (κ3) is 3.26. The van der Waals surface area contributed by atoms with E-state index in [4.69, 9.17) is 19.9 Å². The summed E-state index contributed by atoms with van der Waals surface area (Å²) < 4.78 is 16.3. The molecular formula is C15H23NO3. The molecule has 19 heavy (non-hydrogen) atoms. The first kappa shape index (κ1) is 14.3. The zero-order chi connectivity index (χ0) is 13.6. The number of benzene rings is 1. The van der Waals surface area contributed by atoms with Crippen LogP contribution in [0.1, 0.15) is 18.4 Å². The summed E-state index contributed by atoms with van der Waals surface area (Å²) in [5.74, 6) is 0.969. The Morgan fingerprint density at radius 2 is 2.11 bits per heavy atom. The van der Waals surface area contributed by atoms with Crippen molar-refractivity contribution in [2.75, 3.05) is 40.1 Å². The molecule has 4 heteroatoms. The highest BCUT2D eigenvalue weighted by molar-refractivity contribution is 5.41. The Hall–Kier alpha value is -1.10. The minimum absolute atomic E-state index is 0.0120. The Labute approximate surface area is 114 Å². The van der Waals surface area contributed by atoms with Crippen LogP contribution < -0.4 is 10.5 Å². The maximum atomic E-state index is 6.06. The molecule has 106 valence electrons. The van der Waals surface area contributed by atoms with Crippen molar-refractivity contribution >= 4 is 0 Å². The molecule has 0 bridgehead atoms. The fraction of sp³-hybridized carbons (Fsp3) is 0.600. The van der Waals surface area contributed by atoms with E-state index in [1.807, 2.05) is 18.2 Å². The van der Waals surface area contributed by atoms with Crippen LogP contribution in [0.2, 0.25) is 0 Å². The third-order valence-corrected chi connectivity index (χ3v) is 3.84. The van der Waals surface area contributed by atoms with Crippen molar-refractivity contribution < 1.29 is 14.2 Å². The fourth-order valence-electron chi connectivity index (χ4n) is 2.61. The van der Waals surface area contributed by atoms with Gasteiger partial charge in [0.25, 0.3) is 0 Å². The van der Waals surface area contributed by atoms with Gasteiger partial charge in [0.2, 0.25) is 0 Å². The Morgan fingerprint density at radius 3 is 2.89 bits per heavy atom. The number of ether oxygens (including phenoxy) is 3. The van der Waals surface area contributed by atoms with E-state index >= 15 is 0 Å². The van der Waals surface area contributed by atoms with E-state index in [9.17, 15) is 0 Å². The van der Waals surface area contributed by atoms with Gasteiger partial charge in [-0.05, 0) is 18.9 Å². The van der Waals surface area contributed by atoms with E-state index in [2.05, 4.69) is 6.07 Å². The molecule has 1 atom stereocenters. The highest BCUT2D eigenvalue weighted by Gasteiger charge is 2.36. The second-order valence-electron chi connectivity index (χ2n) is 4.93. The quantitative estimate of drug-likeness (QED) is 0.763. The van der Waals surface area contributed by atoms with Crippen molar-refractivity contribution in [3.63, 3.8) is 0 Å². The third-order valence-electron chi connectivity index (χ3n) is 3.84. The summed E-state index contributed by atoms with van der Waals surface area (Å²) >= 11 is 0. The summed E-state index contributed by atoms with van der Waals surface area (Å²) in [7, 11) is 1.68. The predicted octanol–water partition coefficient (Wildman–Crippen LogP) is 1.72. The average Bonchev–Trinajstić information content (AvgIpc) is 2.47. The summed E-state index contributed by atoms with van der Waals surface area (Å²) in [6.45, 7) is 3.33. The normalized spacial score (nSPS) is 21.8. The highest BCUT2D eigenvalue weighted by Crippen LogP contribution is 2.40. The molecule has 0 saturated heterocycles. The fourth-order valence-corrected chi connectivity index (χ4v) is 2.61. The number of para-hydroxylation sites is 1. The van der Waals surface area contributed by atoms with E-state index in [1.165, 1.54) is 5.56 Å². The van der Waals surface area contributed by atoms with Gasteiger partial charge in [-0.25, -0.2) is 0 Å². The second kappa shape index (κ2) is 6.89. The maximum absolute atomic E-state index is 6.06. The van der Waals surface area contributed by atoms with Crippen LogP contribution in [0.3, 0.4) is 0 Å². The first-order valence-electron chi connectivity index (χ1n) is 6.81. The molecule has 0 aromatic heterocycles. The molecule has 0 spiro atoms. The molecule has 1 aromatic rings. The lowest BCUT2D eigenvalue weighted by atomic mass is 9.73. The number of rotatable bonds is 7. The lowest BCUT2D eigenvalue weighted by Crippen LogP contribution is -2.40. The number of fused-ring (bicyclic) bond motifs is 1. The molecule has 0 radical (unpaired) electrons. The predicted molar refractivity (Wildman–Crippen MR) is 74.6 cm³/mol. The number of nitrogens with two attached hydrogens (primary N) is 1. The van der Waals surface area contributed by atoms with Crippen LogP contribution in [-0.2, 0) is 14.9 Å².